The number of hydrogen-bond donors (Lipinski definition) is 1. The first-order valence-electron chi connectivity index (χ1n) is 10.2. The molecule has 0 fully saturated rings. The van der Waals surface area contributed by atoms with Gasteiger partial charge in [0.05, 0.1) is 6.61 Å². The molecule has 154 valence electrons. The van der Waals surface area contributed by atoms with Crippen molar-refractivity contribution in [3.63, 3.8) is 0 Å². The van der Waals surface area contributed by atoms with E-state index in [0.717, 1.165) is 42.4 Å². The lowest BCUT2D eigenvalue weighted by Gasteiger charge is -2.20. The number of carbonyl (C=O) groups is 2. The number of amides is 2. The largest absolute Gasteiger partial charge is 0.449 e. The van der Waals surface area contributed by atoms with Crippen LogP contribution in [0.4, 0.5) is 15.3 Å². The summed E-state index contributed by atoms with van der Waals surface area (Å²) in [5.74, 6) is 0. The first-order valence-corrected chi connectivity index (χ1v) is 10.2. The quantitative estimate of drug-likeness (QED) is 0.688. The molecule has 2 amide bonds. The van der Waals surface area contributed by atoms with E-state index >= 15 is 0 Å². The minimum Gasteiger partial charge on any atom is -0.449 e. The lowest BCUT2D eigenvalue weighted by Crippen LogP contribution is -2.31. The third kappa shape index (κ3) is 6.24. The van der Waals surface area contributed by atoms with Gasteiger partial charge in [-0.05, 0) is 48.1 Å². The Bertz CT molecular complexity index is 823. The Morgan fingerprint density at radius 1 is 1.07 bits per heavy atom. The van der Waals surface area contributed by atoms with Crippen LogP contribution in [0.25, 0.3) is 0 Å². The number of hydrogen-bond acceptors (Lipinski definition) is 4. The molecule has 0 bridgehead atoms. The van der Waals surface area contributed by atoms with Gasteiger partial charge in [0.2, 0.25) is 0 Å². The average Bonchev–Trinajstić information content (AvgIpc) is 2.95. The molecule has 0 spiro atoms. The molecule has 0 aliphatic carbocycles. The van der Waals surface area contributed by atoms with Crippen LogP contribution in [0.2, 0.25) is 0 Å². The second kappa shape index (κ2) is 10.5. The molecule has 0 atom stereocenters. The van der Waals surface area contributed by atoms with E-state index in [1.165, 1.54) is 0 Å². The highest BCUT2D eigenvalue weighted by atomic mass is 16.6. The van der Waals surface area contributed by atoms with Crippen molar-refractivity contribution in [3.05, 3.63) is 65.2 Å². The van der Waals surface area contributed by atoms with Crippen LogP contribution in [0.1, 0.15) is 42.9 Å². The number of fused-ring (bicyclic) bond motifs is 1. The molecule has 1 aliphatic heterocycles. The molecule has 0 radical (unpaired) electrons. The number of carbonyl (C=O) groups excluding carboxylic acids is 2. The van der Waals surface area contributed by atoms with Crippen LogP contribution >= 0.6 is 0 Å². The zero-order valence-corrected chi connectivity index (χ0v) is 16.9. The van der Waals surface area contributed by atoms with Crippen LogP contribution in [-0.4, -0.2) is 30.2 Å². The number of nitrogens with zero attached hydrogens (tertiary/aromatic N) is 1. The van der Waals surface area contributed by atoms with Gasteiger partial charge in [0.25, 0.3) is 0 Å². The second-order valence-electron chi connectivity index (χ2n) is 7.16. The van der Waals surface area contributed by atoms with Gasteiger partial charge < -0.3 is 14.4 Å². The number of anilines is 1. The first kappa shape index (κ1) is 20.7. The van der Waals surface area contributed by atoms with Crippen molar-refractivity contribution in [1.82, 2.24) is 4.90 Å². The number of rotatable bonds is 6. The van der Waals surface area contributed by atoms with Gasteiger partial charge in [-0.25, -0.2) is 9.59 Å². The highest BCUT2D eigenvalue weighted by Gasteiger charge is 2.20. The summed E-state index contributed by atoms with van der Waals surface area (Å²) in [5.41, 5.74) is 3.85. The zero-order chi connectivity index (χ0) is 20.5. The number of ether oxygens (including phenoxy) is 2. The summed E-state index contributed by atoms with van der Waals surface area (Å²) in [5, 5.41) is 2.78. The fraction of sp³-hybridized carbons (Fsp3) is 0.391. The van der Waals surface area contributed by atoms with E-state index in [2.05, 4.69) is 12.2 Å². The SMILES string of the molecule is CCCCOC(=O)N1CCCc2cc(NC(=O)OCc3ccccc3)ccc2C1. The Kier molecular flexibility index (Phi) is 7.50. The lowest BCUT2D eigenvalue weighted by atomic mass is 10.0. The molecular weight excluding hydrogens is 368 g/mol. The predicted molar refractivity (Wildman–Crippen MR) is 112 cm³/mol. The van der Waals surface area contributed by atoms with Crippen LogP contribution in [0.3, 0.4) is 0 Å². The molecule has 1 aliphatic rings. The van der Waals surface area contributed by atoms with E-state index in [9.17, 15) is 9.59 Å². The highest BCUT2D eigenvalue weighted by molar-refractivity contribution is 5.84. The predicted octanol–water partition coefficient (Wildman–Crippen LogP) is 5.12. The minimum absolute atomic E-state index is 0.229. The molecule has 1 heterocycles. The Morgan fingerprint density at radius 2 is 1.90 bits per heavy atom. The molecule has 0 unspecified atom stereocenters. The number of benzene rings is 2. The third-order valence-corrected chi connectivity index (χ3v) is 4.88. The molecule has 1 N–H and O–H groups in total. The number of unbranched alkanes of at least 4 members (excludes halogenated alkanes) is 1. The van der Waals surface area contributed by atoms with E-state index in [4.69, 9.17) is 9.47 Å². The lowest BCUT2D eigenvalue weighted by molar-refractivity contribution is 0.0990. The van der Waals surface area contributed by atoms with Crippen molar-refractivity contribution >= 4 is 17.9 Å². The van der Waals surface area contributed by atoms with Crippen molar-refractivity contribution in [2.24, 2.45) is 0 Å². The maximum atomic E-state index is 12.3. The molecule has 0 aromatic heterocycles. The summed E-state index contributed by atoms with van der Waals surface area (Å²) in [6, 6.07) is 15.3. The van der Waals surface area contributed by atoms with Crippen LogP contribution in [0.15, 0.2) is 48.5 Å². The second-order valence-corrected chi connectivity index (χ2v) is 7.16. The van der Waals surface area contributed by atoms with Crippen molar-refractivity contribution < 1.29 is 19.1 Å². The molecule has 2 aromatic carbocycles. The monoisotopic (exact) mass is 396 g/mol. The minimum atomic E-state index is -0.483. The van der Waals surface area contributed by atoms with Gasteiger partial charge in [0.1, 0.15) is 6.61 Å². The molecule has 29 heavy (non-hydrogen) atoms. The van der Waals surface area contributed by atoms with Crippen molar-refractivity contribution in [3.8, 4) is 0 Å². The Morgan fingerprint density at radius 3 is 2.69 bits per heavy atom. The van der Waals surface area contributed by atoms with Gasteiger partial charge in [-0.1, -0.05) is 49.7 Å². The fourth-order valence-corrected chi connectivity index (χ4v) is 3.26. The van der Waals surface area contributed by atoms with Crippen LogP contribution < -0.4 is 5.32 Å². The van der Waals surface area contributed by atoms with Gasteiger partial charge in [-0.3, -0.25) is 5.32 Å². The van der Waals surface area contributed by atoms with Crippen molar-refractivity contribution in [2.45, 2.75) is 45.8 Å². The zero-order valence-electron chi connectivity index (χ0n) is 16.9. The van der Waals surface area contributed by atoms with Crippen LogP contribution in [0.5, 0.6) is 0 Å². The van der Waals surface area contributed by atoms with E-state index in [0.29, 0.717) is 25.4 Å². The highest BCUT2D eigenvalue weighted by Crippen LogP contribution is 2.23. The average molecular weight is 396 g/mol. The Balaban J connectivity index is 1.55. The molecule has 6 heteroatoms. The smallest absolute Gasteiger partial charge is 0.411 e. The molecule has 2 aromatic rings. The summed E-state index contributed by atoms with van der Waals surface area (Å²) in [6.45, 7) is 3.96. The molecule has 0 saturated carbocycles. The standard InChI is InChI=1S/C23H28N2O4/c1-2-3-14-28-23(27)25-13-7-10-19-15-21(12-11-20(19)16-25)24-22(26)29-17-18-8-5-4-6-9-18/h4-6,8-9,11-12,15H,2-3,7,10,13-14,16-17H2,1H3,(H,24,26). The normalized spacial score (nSPS) is 13.2. The molecule has 3 rings (SSSR count). The molecule has 6 nitrogen and oxygen atoms in total. The Hall–Kier alpha value is -3.02. The van der Waals surface area contributed by atoms with Crippen LogP contribution in [-0.2, 0) is 29.0 Å². The van der Waals surface area contributed by atoms with Gasteiger partial charge in [-0.15, -0.1) is 0 Å². The summed E-state index contributed by atoms with van der Waals surface area (Å²) in [7, 11) is 0. The van der Waals surface area contributed by atoms with E-state index < -0.39 is 6.09 Å². The summed E-state index contributed by atoms with van der Waals surface area (Å²) in [6.07, 6.45) is 2.85. The summed E-state index contributed by atoms with van der Waals surface area (Å²) >= 11 is 0. The van der Waals surface area contributed by atoms with Crippen LogP contribution in [0, 0.1) is 0 Å². The maximum absolute atomic E-state index is 12.3. The number of aryl methyl sites for hydroxylation is 1. The Labute approximate surface area is 171 Å². The first-order chi connectivity index (χ1) is 14.2. The molecule has 0 saturated heterocycles. The van der Waals surface area contributed by atoms with Crippen molar-refractivity contribution in [2.75, 3.05) is 18.5 Å². The topological polar surface area (TPSA) is 67.9 Å². The van der Waals surface area contributed by atoms with Gasteiger partial charge in [0.15, 0.2) is 0 Å². The van der Waals surface area contributed by atoms with Crippen molar-refractivity contribution in [1.29, 1.82) is 0 Å². The van der Waals surface area contributed by atoms with E-state index in [1.54, 1.807) is 4.90 Å². The van der Waals surface area contributed by atoms with Gasteiger partial charge >= 0.3 is 12.2 Å². The fourth-order valence-electron chi connectivity index (χ4n) is 3.26. The number of nitrogens with one attached hydrogen (secondary N) is 1. The van der Waals surface area contributed by atoms with E-state index in [-0.39, 0.29) is 12.7 Å². The summed E-state index contributed by atoms with van der Waals surface area (Å²) < 4.78 is 10.6. The van der Waals surface area contributed by atoms with Gasteiger partial charge in [0, 0.05) is 18.8 Å². The van der Waals surface area contributed by atoms with Gasteiger partial charge in [-0.2, -0.15) is 0 Å². The summed E-state index contributed by atoms with van der Waals surface area (Å²) in [4.78, 5) is 26.1. The molecular formula is C23H28N2O4. The van der Waals surface area contributed by atoms with E-state index in [1.807, 2.05) is 48.5 Å². The third-order valence-electron chi connectivity index (χ3n) is 4.88. The maximum Gasteiger partial charge on any atom is 0.411 e.